The standard InChI is InChI=1S/C27H26N2O3/c1-28(16-15-21-9-4-2-5-10-21)26(31)18-29-17-23(19-30)24-13-8-14-25(27(24)29)32-20-22-11-6-3-7-12-22/h2-14,17,19H,15-16,18,20H2,1H3. The first kappa shape index (κ1) is 21.4. The molecule has 0 saturated carbocycles. The van der Waals surface area contributed by atoms with Crippen molar-refractivity contribution in [2.45, 2.75) is 19.6 Å². The van der Waals surface area contributed by atoms with E-state index < -0.39 is 0 Å². The number of amides is 1. The third-order valence-corrected chi connectivity index (χ3v) is 5.57. The van der Waals surface area contributed by atoms with E-state index >= 15 is 0 Å². The molecule has 0 spiro atoms. The Hall–Kier alpha value is -3.86. The molecule has 0 aliphatic rings. The van der Waals surface area contributed by atoms with Crippen molar-refractivity contribution in [2.24, 2.45) is 0 Å². The lowest BCUT2D eigenvalue weighted by Gasteiger charge is -2.18. The zero-order chi connectivity index (χ0) is 22.3. The van der Waals surface area contributed by atoms with E-state index in [1.54, 1.807) is 11.1 Å². The van der Waals surface area contributed by atoms with Gasteiger partial charge in [-0.3, -0.25) is 9.59 Å². The highest BCUT2D eigenvalue weighted by Gasteiger charge is 2.17. The fraction of sp³-hybridized carbons (Fsp3) is 0.185. The van der Waals surface area contributed by atoms with Gasteiger partial charge in [0.25, 0.3) is 0 Å². The molecule has 4 rings (SSSR count). The molecule has 1 aromatic heterocycles. The van der Waals surface area contributed by atoms with Crippen LogP contribution >= 0.6 is 0 Å². The van der Waals surface area contributed by atoms with Crippen LogP contribution in [0.1, 0.15) is 21.5 Å². The Morgan fingerprint density at radius 3 is 2.31 bits per heavy atom. The number of nitrogens with zero attached hydrogens (tertiary/aromatic N) is 2. The first-order valence-electron chi connectivity index (χ1n) is 10.7. The van der Waals surface area contributed by atoms with Crippen LogP contribution in [0.2, 0.25) is 0 Å². The van der Waals surface area contributed by atoms with Crippen molar-refractivity contribution in [1.29, 1.82) is 0 Å². The van der Waals surface area contributed by atoms with E-state index in [9.17, 15) is 9.59 Å². The fourth-order valence-electron chi connectivity index (χ4n) is 3.76. The molecule has 162 valence electrons. The number of hydrogen-bond donors (Lipinski definition) is 0. The lowest BCUT2D eigenvalue weighted by atomic mass is 10.1. The van der Waals surface area contributed by atoms with Gasteiger partial charge < -0.3 is 14.2 Å². The summed E-state index contributed by atoms with van der Waals surface area (Å²) in [4.78, 5) is 26.3. The van der Waals surface area contributed by atoms with E-state index in [0.29, 0.717) is 24.5 Å². The average Bonchev–Trinajstić information content (AvgIpc) is 3.20. The van der Waals surface area contributed by atoms with E-state index in [0.717, 1.165) is 29.2 Å². The molecular weight excluding hydrogens is 400 g/mol. The lowest BCUT2D eigenvalue weighted by Crippen LogP contribution is -2.31. The van der Waals surface area contributed by atoms with Gasteiger partial charge in [0.1, 0.15) is 18.9 Å². The summed E-state index contributed by atoms with van der Waals surface area (Å²) in [6, 6.07) is 25.6. The minimum Gasteiger partial charge on any atom is -0.487 e. The minimum absolute atomic E-state index is 0.0202. The number of fused-ring (bicyclic) bond motifs is 1. The average molecular weight is 427 g/mol. The molecule has 0 saturated heterocycles. The molecule has 5 heteroatoms. The molecular formula is C27H26N2O3. The molecule has 0 radical (unpaired) electrons. The van der Waals surface area contributed by atoms with Crippen LogP contribution in [-0.2, 0) is 24.4 Å². The van der Waals surface area contributed by atoms with Gasteiger partial charge in [0.05, 0.1) is 5.52 Å². The molecule has 0 aliphatic heterocycles. The van der Waals surface area contributed by atoms with Crippen molar-refractivity contribution < 1.29 is 14.3 Å². The van der Waals surface area contributed by atoms with Gasteiger partial charge in [-0.1, -0.05) is 72.8 Å². The van der Waals surface area contributed by atoms with Gasteiger partial charge in [-0.25, -0.2) is 0 Å². The number of carbonyl (C=O) groups is 2. The van der Waals surface area contributed by atoms with Crippen LogP contribution in [0, 0.1) is 0 Å². The summed E-state index contributed by atoms with van der Waals surface area (Å²) in [5.74, 6) is 0.632. The largest absolute Gasteiger partial charge is 0.487 e. The molecule has 0 unspecified atom stereocenters. The number of aromatic nitrogens is 1. The van der Waals surface area contributed by atoms with Crippen LogP contribution in [-0.4, -0.2) is 35.3 Å². The normalized spacial score (nSPS) is 10.8. The predicted molar refractivity (Wildman–Crippen MR) is 126 cm³/mol. The van der Waals surface area contributed by atoms with Crippen molar-refractivity contribution >= 4 is 23.1 Å². The molecule has 0 bridgehead atoms. The van der Waals surface area contributed by atoms with Crippen molar-refractivity contribution in [3.63, 3.8) is 0 Å². The van der Waals surface area contributed by atoms with Crippen LogP contribution in [0.25, 0.3) is 10.9 Å². The van der Waals surface area contributed by atoms with E-state index in [2.05, 4.69) is 12.1 Å². The highest BCUT2D eigenvalue weighted by atomic mass is 16.5. The van der Waals surface area contributed by atoms with E-state index in [-0.39, 0.29) is 12.5 Å². The van der Waals surface area contributed by atoms with Crippen LogP contribution in [0.5, 0.6) is 5.75 Å². The van der Waals surface area contributed by atoms with E-state index in [1.807, 2.05) is 78.3 Å². The second kappa shape index (κ2) is 9.96. The number of benzene rings is 3. The molecule has 1 heterocycles. The van der Waals surface area contributed by atoms with Gasteiger partial charge in [-0.2, -0.15) is 0 Å². The Balaban J connectivity index is 1.53. The van der Waals surface area contributed by atoms with Gasteiger partial charge in [-0.05, 0) is 23.6 Å². The Morgan fingerprint density at radius 2 is 1.62 bits per heavy atom. The van der Waals surface area contributed by atoms with Gasteiger partial charge >= 0.3 is 0 Å². The third kappa shape index (κ3) is 4.89. The quantitative estimate of drug-likeness (QED) is 0.364. The van der Waals surface area contributed by atoms with Crippen molar-refractivity contribution in [1.82, 2.24) is 9.47 Å². The van der Waals surface area contributed by atoms with E-state index in [1.165, 1.54) is 5.56 Å². The summed E-state index contributed by atoms with van der Waals surface area (Å²) >= 11 is 0. The Labute approximate surface area is 187 Å². The topological polar surface area (TPSA) is 51.5 Å². The summed E-state index contributed by atoms with van der Waals surface area (Å²) in [6.07, 6.45) is 3.35. The summed E-state index contributed by atoms with van der Waals surface area (Å²) in [5.41, 5.74) is 3.55. The molecule has 5 nitrogen and oxygen atoms in total. The number of carbonyl (C=O) groups excluding carboxylic acids is 2. The van der Waals surface area contributed by atoms with E-state index in [4.69, 9.17) is 4.74 Å². The van der Waals surface area contributed by atoms with Crippen LogP contribution in [0.4, 0.5) is 0 Å². The Morgan fingerprint density at radius 1 is 0.938 bits per heavy atom. The maximum atomic E-state index is 12.9. The van der Waals surface area contributed by atoms with Crippen LogP contribution in [0.15, 0.2) is 85.1 Å². The van der Waals surface area contributed by atoms with Gasteiger partial charge in [0.15, 0.2) is 6.29 Å². The number of rotatable bonds is 9. The lowest BCUT2D eigenvalue weighted by molar-refractivity contribution is -0.130. The number of para-hydroxylation sites is 1. The second-order valence-corrected chi connectivity index (χ2v) is 7.81. The minimum atomic E-state index is -0.0202. The van der Waals surface area contributed by atoms with Crippen molar-refractivity contribution in [2.75, 3.05) is 13.6 Å². The Kier molecular flexibility index (Phi) is 6.66. The number of hydrogen-bond acceptors (Lipinski definition) is 3. The molecule has 32 heavy (non-hydrogen) atoms. The summed E-state index contributed by atoms with van der Waals surface area (Å²) < 4.78 is 7.91. The summed E-state index contributed by atoms with van der Waals surface area (Å²) in [6.45, 7) is 1.17. The molecule has 0 atom stereocenters. The highest BCUT2D eigenvalue weighted by molar-refractivity contribution is 6.00. The first-order valence-corrected chi connectivity index (χ1v) is 10.7. The third-order valence-electron chi connectivity index (χ3n) is 5.57. The second-order valence-electron chi connectivity index (χ2n) is 7.81. The number of aldehydes is 1. The first-order chi connectivity index (χ1) is 15.7. The van der Waals surface area contributed by atoms with Gasteiger partial charge in [0.2, 0.25) is 5.91 Å². The zero-order valence-corrected chi connectivity index (χ0v) is 18.1. The highest BCUT2D eigenvalue weighted by Crippen LogP contribution is 2.30. The molecule has 0 fully saturated rings. The zero-order valence-electron chi connectivity index (χ0n) is 18.1. The fourth-order valence-corrected chi connectivity index (χ4v) is 3.76. The van der Waals surface area contributed by atoms with Gasteiger partial charge in [-0.15, -0.1) is 0 Å². The maximum Gasteiger partial charge on any atom is 0.242 e. The molecule has 4 aromatic rings. The van der Waals surface area contributed by atoms with Crippen LogP contribution in [0.3, 0.4) is 0 Å². The summed E-state index contributed by atoms with van der Waals surface area (Å²) in [5, 5.41) is 0.783. The SMILES string of the molecule is CN(CCc1ccccc1)C(=O)Cn1cc(C=O)c2cccc(OCc3ccccc3)c21. The van der Waals surface area contributed by atoms with Crippen LogP contribution < -0.4 is 4.74 Å². The molecule has 3 aromatic carbocycles. The predicted octanol–water partition coefficient (Wildman–Crippen LogP) is 4.73. The van der Waals surface area contributed by atoms with Gasteiger partial charge in [0, 0.05) is 30.7 Å². The molecule has 0 aliphatic carbocycles. The Bertz CT molecular complexity index is 1200. The molecule has 1 amide bonds. The molecule has 0 N–H and O–H groups in total. The van der Waals surface area contributed by atoms with Crippen molar-refractivity contribution in [3.8, 4) is 5.75 Å². The van der Waals surface area contributed by atoms with Crippen molar-refractivity contribution in [3.05, 3.63) is 102 Å². The smallest absolute Gasteiger partial charge is 0.242 e. The number of ether oxygens (including phenoxy) is 1. The monoisotopic (exact) mass is 426 g/mol. The summed E-state index contributed by atoms with van der Waals surface area (Å²) in [7, 11) is 1.81. The maximum absolute atomic E-state index is 12.9. The number of likely N-dealkylation sites (N-methyl/N-ethyl adjacent to an activating group) is 1.